The summed E-state index contributed by atoms with van der Waals surface area (Å²) in [5.41, 5.74) is 3.25. The third-order valence-electron chi connectivity index (χ3n) is 5.21. The summed E-state index contributed by atoms with van der Waals surface area (Å²) in [6, 6.07) is 20.5. The first-order valence-corrected chi connectivity index (χ1v) is 9.97. The van der Waals surface area contributed by atoms with E-state index in [1.807, 2.05) is 30.3 Å². The summed E-state index contributed by atoms with van der Waals surface area (Å²) in [5.74, 6) is 1.84. The van der Waals surface area contributed by atoms with Crippen molar-refractivity contribution in [1.82, 2.24) is 14.9 Å². The van der Waals surface area contributed by atoms with Gasteiger partial charge in [-0.25, -0.2) is 9.97 Å². The molecule has 0 N–H and O–H groups in total. The Morgan fingerprint density at radius 1 is 0.931 bits per heavy atom. The molecule has 4 rings (SSSR count). The number of benzene rings is 2. The summed E-state index contributed by atoms with van der Waals surface area (Å²) >= 11 is 0. The van der Waals surface area contributed by atoms with Crippen LogP contribution in [0, 0.1) is 0 Å². The lowest BCUT2D eigenvalue weighted by molar-refractivity contribution is 0.283. The Hall–Kier alpha value is -3.18. The second kappa shape index (κ2) is 9.34. The van der Waals surface area contributed by atoms with Gasteiger partial charge in [0, 0.05) is 44.4 Å². The molecule has 0 amide bonds. The van der Waals surface area contributed by atoms with Crippen LogP contribution >= 0.6 is 0 Å². The Morgan fingerprint density at radius 2 is 1.69 bits per heavy atom. The SMILES string of the molecule is COc1ccc(-c2cc(N3CCN(CC=Cc4ccccc4)CC3)ncn2)cc1. The quantitative estimate of drug-likeness (QED) is 0.641. The zero-order chi connectivity index (χ0) is 19.9. The Balaban J connectivity index is 1.34. The highest BCUT2D eigenvalue weighted by atomic mass is 16.5. The number of ether oxygens (including phenoxy) is 1. The number of aromatic nitrogens is 2. The number of methoxy groups -OCH3 is 1. The molecule has 1 fully saturated rings. The molecule has 1 aromatic heterocycles. The number of rotatable bonds is 6. The lowest BCUT2D eigenvalue weighted by Gasteiger charge is -2.34. The largest absolute Gasteiger partial charge is 0.497 e. The topological polar surface area (TPSA) is 41.5 Å². The average molecular weight is 386 g/mol. The van der Waals surface area contributed by atoms with Crippen LogP contribution in [0.3, 0.4) is 0 Å². The lowest BCUT2D eigenvalue weighted by atomic mass is 10.1. The van der Waals surface area contributed by atoms with Crippen molar-refractivity contribution in [2.45, 2.75) is 0 Å². The monoisotopic (exact) mass is 386 g/mol. The van der Waals surface area contributed by atoms with Crippen LogP contribution in [0.15, 0.2) is 73.1 Å². The van der Waals surface area contributed by atoms with Crippen molar-refractivity contribution < 1.29 is 4.74 Å². The van der Waals surface area contributed by atoms with Crippen LogP contribution in [0.25, 0.3) is 17.3 Å². The van der Waals surface area contributed by atoms with Gasteiger partial charge in [0.05, 0.1) is 12.8 Å². The predicted octanol–water partition coefficient (Wildman–Crippen LogP) is 3.99. The van der Waals surface area contributed by atoms with Gasteiger partial charge in [-0.05, 0) is 29.8 Å². The van der Waals surface area contributed by atoms with Gasteiger partial charge in [0.15, 0.2) is 0 Å². The maximum absolute atomic E-state index is 5.24. The van der Waals surface area contributed by atoms with Crippen LogP contribution < -0.4 is 9.64 Å². The number of piperazine rings is 1. The van der Waals surface area contributed by atoms with E-state index in [-0.39, 0.29) is 0 Å². The molecule has 2 heterocycles. The zero-order valence-electron chi connectivity index (χ0n) is 16.7. The Labute approximate surface area is 172 Å². The predicted molar refractivity (Wildman–Crippen MR) is 118 cm³/mol. The van der Waals surface area contributed by atoms with Crippen LogP contribution in [0.5, 0.6) is 5.75 Å². The Bertz CT molecular complexity index is 933. The minimum atomic E-state index is 0.848. The molecule has 5 nitrogen and oxygen atoms in total. The van der Waals surface area contributed by atoms with Crippen LogP contribution in [-0.4, -0.2) is 54.7 Å². The van der Waals surface area contributed by atoms with Crippen LogP contribution in [0.2, 0.25) is 0 Å². The summed E-state index contributed by atoms with van der Waals surface area (Å²) in [6.07, 6.45) is 6.10. The average Bonchev–Trinajstić information content (AvgIpc) is 2.80. The molecule has 0 aliphatic carbocycles. The third-order valence-corrected chi connectivity index (χ3v) is 5.21. The molecule has 3 aromatic rings. The van der Waals surface area contributed by atoms with E-state index in [0.717, 1.165) is 55.5 Å². The summed E-state index contributed by atoms with van der Waals surface area (Å²) in [5, 5.41) is 0. The van der Waals surface area contributed by atoms with Crippen molar-refractivity contribution in [2.24, 2.45) is 0 Å². The fourth-order valence-corrected chi connectivity index (χ4v) is 3.50. The summed E-state index contributed by atoms with van der Waals surface area (Å²) in [4.78, 5) is 13.8. The number of anilines is 1. The lowest BCUT2D eigenvalue weighted by Crippen LogP contribution is -2.46. The molecule has 1 saturated heterocycles. The minimum Gasteiger partial charge on any atom is -0.497 e. The normalized spacial score (nSPS) is 15.0. The van der Waals surface area contributed by atoms with Crippen molar-refractivity contribution in [3.8, 4) is 17.0 Å². The number of nitrogens with zero attached hydrogens (tertiary/aromatic N) is 4. The molecule has 0 radical (unpaired) electrons. The highest BCUT2D eigenvalue weighted by Gasteiger charge is 2.17. The van der Waals surface area contributed by atoms with Gasteiger partial charge in [-0.3, -0.25) is 4.90 Å². The standard InChI is InChI=1S/C24H26N4O/c1-29-22-11-9-21(10-12-22)23-18-24(26-19-25-23)28-16-14-27(15-17-28)13-5-8-20-6-3-2-4-7-20/h2-12,18-19H,13-17H2,1H3. The van der Waals surface area contributed by atoms with E-state index < -0.39 is 0 Å². The van der Waals surface area contributed by atoms with Gasteiger partial charge in [-0.1, -0.05) is 42.5 Å². The maximum Gasteiger partial charge on any atom is 0.132 e. The van der Waals surface area contributed by atoms with Crippen molar-refractivity contribution in [3.63, 3.8) is 0 Å². The van der Waals surface area contributed by atoms with E-state index in [9.17, 15) is 0 Å². The fourth-order valence-electron chi connectivity index (χ4n) is 3.50. The molecular formula is C24H26N4O. The minimum absolute atomic E-state index is 0.848. The Morgan fingerprint density at radius 3 is 2.41 bits per heavy atom. The van der Waals surface area contributed by atoms with Crippen LogP contribution in [0.4, 0.5) is 5.82 Å². The van der Waals surface area contributed by atoms with Gasteiger partial charge < -0.3 is 9.64 Å². The van der Waals surface area contributed by atoms with E-state index in [2.05, 4.69) is 62.3 Å². The van der Waals surface area contributed by atoms with E-state index in [1.165, 1.54) is 5.56 Å². The van der Waals surface area contributed by atoms with Gasteiger partial charge in [0.25, 0.3) is 0 Å². The van der Waals surface area contributed by atoms with Gasteiger partial charge in [-0.2, -0.15) is 0 Å². The first kappa shape index (κ1) is 19.2. The second-order valence-electron chi connectivity index (χ2n) is 7.09. The van der Waals surface area contributed by atoms with Gasteiger partial charge in [0.2, 0.25) is 0 Å². The fraction of sp³-hybridized carbons (Fsp3) is 0.250. The highest BCUT2D eigenvalue weighted by molar-refractivity contribution is 5.63. The van der Waals surface area contributed by atoms with Crippen molar-refractivity contribution >= 4 is 11.9 Å². The molecule has 1 aliphatic heterocycles. The van der Waals surface area contributed by atoms with Crippen molar-refractivity contribution in [2.75, 3.05) is 44.7 Å². The van der Waals surface area contributed by atoms with E-state index >= 15 is 0 Å². The molecule has 0 spiro atoms. The molecule has 1 aliphatic rings. The van der Waals surface area contributed by atoms with Crippen LogP contribution in [0.1, 0.15) is 5.56 Å². The summed E-state index contributed by atoms with van der Waals surface area (Å²) < 4.78 is 5.24. The molecule has 5 heteroatoms. The molecule has 148 valence electrons. The van der Waals surface area contributed by atoms with Crippen molar-refractivity contribution in [1.29, 1.82) is 0 Å². The third kappa shape index (κ3) is 5.00. The molecule has 0 unspecified atom stereocenters. The zero-order valence-corrected chi connectivity index (χ0v) is 16.7. The van der Waals surface area contributed by atoms with Gasteiger partial charge >= 0.3 is 0 Å². The molecule has 0 bridgehead atoms. The van der Waals surface area contributed by atoms with E-state index in [1.54, 1.807) is 13.4 Å². The van der Waals surface area contributed by atoms with Gasteiger partial charge in [-0.15, -0.1) is 0 Å². The van der Waals surface area contributed by atoms with Gasteiger partial charge in [0.1, 0.15) is 17.9 Å². The van der Waals surface area contributed by atoms with Crippen LogP contribution in [-0.2, 0) is 0 Å². The number of hydrogen-bond acceptors (Lipinski definition) is 5. The molecule has 0 saturated carbocycles. The molecule has 0 atom stereocenters. The first-order chi connectivity index (χ1) is 14.3. The summed E-state index contributed by atoms with van der Waals surface area (Å²) in [7, 11) is 1.68. The smallest absolute Gasteiger partial charge is 0.132 e. The van der Waals surface area contributed by atoms with Crippen molar-refractivity contribution in [3.05, 3.63) is 78.6 Å². The second-order valence-corrected chi connectivity index (χ2v) is 7.09. The molecule has 2 aromatic carbocycles. The highest BCUT2D eigenvalue weighted by Crippen LogP contribution is 2.23. The molecule has 29 heavy (non-hydrogen) atoms. The first-order valence-electron chi connectivity index (χ1n) is 9.97. The Kier molecular flexibility index (Phi) is 6.17. The van der Waals surface area contributed by atoms with E-state index in [4.69, 9.17) is 4.74 Å². The number of hydrogen-bond donors (Lipinski definition) is 0. The summed E-state index contributed by atoms with van der Waals surface area (Å²) in [6.45, 7) is 4.97. The van der Waals surface area contributed by atoms with E-state index in [0.29, 0.717) is 0 Å². The maximum atomic E-state index is 5.24. The molecular weight excluding hydrogens is 360 g/mol.